The topological polar surface area (TPSA) is 132 Å². The molecule has 0 aliphatic rings. The Kier molecular flexibility index (Phi) is 22.7. The molecular weight excluding hydrogens is 604 g/mol. The molecule has 266 valence electrons. The average molecular weight is 663 g/mol. The SMILES string of the molecule is CCCCCCCCCCCCCCCCCC(=O)O[C@@H](C)C(=O)O[C@@H](C)C(=O)O[C@@H](C)C(=O)O[C@@H](C)C(=O)OCc1ccccc1. The molecule has 0 amide bonds. The van der Waals surface area contributed by atoms with Crippen LogP contribution < -0.4 is 0 Å². The lowest BCUT2D eigenvalue weighted by molar-refractivity contribution is -0.185. The van der Waals surface area contributed by atoms with E-state index in [9.17, 15) is 24.0 Å². The van der Waals surface area contributed by atoms with Crippen molar-refractivity contribution in [2.24, 2.45) is 0 Å². The van der Waals surface area contributed by atoms with Gasteiger partial charge in [-0.1, -0.05) is 127 Å². The van der Waals surface area contributed by atoms with Crippen molar-refractivity contribution in [3.8, 4) is 0 Å². The van der Waals surface area contributed by atoms with Crippen molar-refractivity contribution in [1.29, 1.82) is 0 Å². The van der Waals surface area contributed by atoms with Gasteiger partial charge in [0.05, 0.1) is 0 Å². The number of carbonyl (C=O) groups excluding carboxylic acids is 5. The highest BCUT2D eigenvalue weighted by atomic mass is 16.6. The van der Waals surface area contributed by atoms with E-state index in [-0.39, 0.29) is 13.0 Å². The first kappa shape index (κ1) is 41.6. The van der Waals surface area contributed by atoms with Crippen LogP contribution in [0, 0.1) is 0 Å². The molecule has 1 aromatic carbocycles. The Morgan fingerprint density at radius 3 is 1.28 bits per heavy atom. The van der Waals surface area contributed by atoms with Crippen molar-refractivity contribution in [2.45, 2.75) is 168 Å². The van der Waals surface area contributed by atoms with E-state index in [0.29, 0.717) is 6.42 Å². The molecule has 10 nitrogen and oxygen atoms in total. The van der Waals surface area contributed by atoms with Gasteiger partial charge in [0.2, 0.25) is 0 Å². The van der Waals surface area contributed by atoms with Gasteiger partial charge >= 0.3 is 29.8 Å². The summed E-state index contributed by atoms with van der Waals surface area (Å²) in [6.45, 7) is 7.50. The average Bonchev–Trinajstić information content (AvgIpc) is 3.05. The number of carbonyl (C=O) groups is 5. The third kappa shape index (κ3) is 20.4. The van der Waals surface area contributed by atoms with E-state index in [1.807, 2.05) is 6.07 Å². The third-order valence-electron chi connectivity index (χ3n) is 7.72. The minimum atomic E-state index is -1.38. The van der Waals surface area contributed by atoms with Gasteiger partial charge in [-0.3, -0.25) is 4.79 Å². The molecule has 10 heteroatoms. The molecule has 0 aliphatic carbocycles. The summed E-state index contributed by atoms with van der Waals surface area (Å²) in [5.74, 6) is -4.15. The third-order valence-corrected chi connectivity index (χ3v) is 7.72. The molecule has 0 heterocycles. The molecule has 1 rings (SSSR count). The van der Waals surface area contributed by atoms with Gasteiger partial charge < -0.3 is 23.7 Å². The lowest BCUT2D eigenvalue weighted by atomic mass is 10.0. The van der Waals surface area contributed by atoms with Crippen LogP contribution in [0.1, 0.15) is 143 Å². The molecule has 1 aromatic rings. The van der Waals surface area contributed by atoms with Gasteiger partial charge in [0.25, 0.3) is 0 Å². The second kappa shape index (κ2) is 25.6. The van der Waals surface area contributed by atoms with Gasteiger partial charge in [0.1, 0.15) is 6.61 Å². The number of hydrogen-bond acceptors (Lipinski definition) is 10. The van der Waals surface area contributed by atoms with Crippen molar-refractivity contribution in [1.82, 2.24) is 0 Å². The van der Waals surface area contributed by atoms with E-state index >= 15 is 0 Å². The monoisotopic (exact) mass is 662 g/mol. The molecule has 0 saturated carbocycles. The molecule has 0 unspecified atom stereocenters. The van der Waals surface area contributed by atoms with E-state index in [2.05, 4.69) is 6.92 Å². The van der Waals surface area contributed by atoms with Gasteiger partial charge in [0, 0.05) is 6.42 Å². The Morgan fingerprint density at radius 2 is 0.851 bits per heavy atom. The molecule has 0 bridgehead atoms. The second-order valence-corrected chi connectivity index (χ2v) is 12.2. The number of unbranched alkanes of at least 4 members (excludes halogenated alkanes) is 14. The number of hydrogen-bond donors (Lipinski definition) is 0. The van der Waals surface area contributed by atoms with Crippen molar-refractivity contribution >= 4 is 29.8 Å². The fourth-order valence-electron chi connectivity index (χ4n) is 4.75. The largest absolute Gasteiger partial charge is 0.458 e. The minimum Gasteiger partial charge on any atom is -0.458 e. The Hall–Kier alpha value is -3.43. The zero-order valence-corrected chi connectivity index (χ0v) is 29.3. The molecule has 0 saturated heterocycles. The van der Waals surface area contributed by atoms with Gasteiger partial charge in [-0.15, -0.1) is 0 Å². The van der Waals surface area contributed by atoms with Crippen LogP contribution in [0.4, 0.5) is 0 Å². The molecule has 0 radical (unpaired) electrons. The van der Waals surface area contributed by atoms with Crippen LogP contribution in [-0.4, -0.2) is 54.3 Å². The molecule has 0 aromatic heterocycles. The van der Waals surface area contributed by atoms with Crippen molar-refractivity contribution in [3.63, 3.8) is 0 Å². The first-order valence-electron chi connectivity index (χ1n) is 17.6. The van der Waals surface area contributed by atoms with Gasteiger partial charge in [-0.05, 0) is 39.7 Å². The maximum atomic E-state index is 12.4. The zero-order valence-electron chi connectivity index (χ0n) is 29.3. The van der Waals surface area contributed by atoms with Crippen LogP contribution in [0.3, 0.4) is 0 Å². The van der Waals surface area contributed by atoms with Gasteiger partial charge in [0.15, 0.2) is 24.4 Å². The van der Waals surface area contributed by atoms with Gasteiger partial charge in [-0.25, -0.2) is 19.2 Å². The Bertz CT molecular complexity index is 1040. The molecule has 47 heavy (non-hydrogen) atoms. The highest BCUT2D eigenvalue weighted by Crippen LogP contribution is 2.14. The summed E-state index contributed by atoms with van der Waals surface area (Å²) in [6, 6.07) is 9.00. The van der Waals surface area contributed by atoms with Crippen LogP contribution in [0.25, 0.3) is 0 Å². The lowest BCUT2D eigenvalue weighted by Crippen LogP contribution is -2.37. The molecule has 0 spiro atoms. The zero-order chi connectivity index (χ0) is 34.9. The van der Waals surface area contributed by atoms with Crippen molar-refractivity contribution < 1.29 is 47.7 Å². The predicted octanol–water partition coefficient (Wildman–Crippen LogP) is 7.72. The smallest absolute Gasteiger partial charge is 0.347 e. The number of benzene rings is 1. The van der Waals surface area contributed by atoms with Crippen LogP contribution in [-0.2, 0) is 54.3 Å². The summed E-state index contributed by atoms with van der Waals surface area (Å²) in [7, 11) is 0. The summed E-state index contributed by atoms with van der Waals surface area (Å²) in [4.78, 5) is 61.4. The van der Waals surface area contributed by atoms with Crippen LogP contribution in [0.15, 0.2) is 30.3 Å². The van der Waals surface area contributed by atoms with Crippen LogP contribution in [0.2, 0.25) is 0 Å². The Morgan fingerprint density at radius 1 is 0.489 bits per heavy atom. The van der Waals surface area contributed by atoms with E-state index in [1.165, 1.54) is 98.3 Å². The summed E-state index contributed by atoms with van der Waals surface area (Å²) in [5.41, 5.74) is 0.773. The maximum absolute atomic E-state index is 12.4. The molecule has 0 N–H and O–H groups in total. The normalized spacial score (nSPS) is 13.5. The first-order chi connectivity index (χ1) is 22.5. The van der Waals surface area contributed by atoms with Crippen molar-refractivity contribution in [2.75, 3.05) is 0 Å². The molecular formula is C37H58O10. The highest BCUT2D eigenvalue weighted by Gasteiger charge is 2.30. The molecule has 0 fully saturated rings. The van der Waals surface area contributed by atoms with E-state index in [1.54, 1.807) is 24.3 Å². The summed E-state index contributed by atoms with van der Waals surface area (Å²) < 4.78 is 25.4. The summed E-state index contributed by atoms with van der Waals surface area (Å²) >= 11 is 0. The molecule has 0 aliphatic heterocycles. The first-order valence-corrected chi connectivity index (χ1v) is 17.6. The summed E-state index contributed by atoms with van der Waals surface area (Å²) in [5, 5.41) is 0. The van der Waals surface area contributed by atoms with Crippen LogP contribution in [0.5, 0.6) is 0 Å². The van der Waals surface area contributed by atoms with E-state index in [4.69, 9.17) is 23.7 Å². The van der Waals surface area contributed by atoms with Crippen LogP contribution >= 0.6 is 0 Å². The number of rotatable bonds is 26. The highest BCUT2D eigenvalue weighted by molar-refractivity contribution is 5.85. The maximum Gasteiger partial charge on any atom is 0.347 e. The summed E-state index contributed by atoms with van der Waals surface area (Å²) in [6.07, 6.45) is 13.4. The predicted molar refractivity (Wildman–Crippen MR) is 178 cm³/mol. The van der Waals surface area contributed by atoms with Crippen molar-refractivity contribution in [3.05, 3.63) is 35.9 Å². The minimum absolute atomic E-state index is 0.0161. The Labute approximate surface area is 281 Å². The van der Waals surface area contributed by atoms with E-state index < -0.39 is 54.3 Å². The number of esters is 5. The quantitative estimate of drug-likeness (QED) is 0.0552. The Balaban J connectivity index is 2.16. The lowest BCUT2D eigenvalue weighted by Gasteiger charge is -2.19. The van der Waals surface area contributed by atoms with E-state index in [0.717, 1.165) is 24.8 Å². The number of ether oxygens (including phenoxy) is 5. The standard InChI is InChI=1S/C37H58O10/c1-6-7-8-9-10-11-12-13-14-15-16-17-18-19-23-26-33(38)44-29(3)35(40)46-31(5)37(42)47-30(4)36(41)45-28(2)34(39)43-27-32-24-21-20-22-25-32/h20-22,24-25,28-31H,6-19,23,26-27H2,1-5H3/t28-,29-,30-,31-/m0/s1. The fourth-order valence-corrected chi connectivity index (χ4v) is 4.75. The van der Waals surface area contributed by atoms with Gasteiger partial charge in [-0.2, -0.15) is 0 Å². The second-order valence-electron chi connectivity index (χ2n) is 12.2. The fraction of sp³-hybridized carbons (Fsp3) is 0.703. The molecule has 4 atom stereocenters.